The summed E-state index contributed by atoms with van der Waals surface area (Å²) in [4.78, 5) is 54.0. The highest BCUT2D eigenvalue weighted by Gasteiger charge is 2.41. The van der Waals surface area contributed by atoms with Gasteiger partial charge in [-0.1, -0.05) is 106 Å². The third-order valence-electron chi connectivity index (χ3n) is 10.0. The topological polar surface area (TPSA) is 138 Å². The van der Waals surface area contributed by atoms with Crippen molar-refractivity contribution in [2.75, 3.05) is 19.6 Å². The number of carbonyl (C=O) groups excluding carboxylic acids is 4. The molecule has 4 atom stereocenters. The average molecular weight is 698 g/mol. The summed E-state index contributed by atoms with van der Waals surface area (Å²) in [6.07, 6.45) is 13.1. The quantitative estimate of drug-likeness (QED) is 0.131. The molecule has 0 unspecified atom stereocenters. The molecule has 5 rings (SSSR count). The fourth-order valence-corrected chi connectivity index (χ4v) is 6.79. The maximum Gasteiger partial charge on any atom is 0.253 e. The molecule has 11 heteroatoms. The van der Waals surface area contributed by atoms with Gasteiger partial charge in [-0.15, -0.1) is 5.10 Å². The molecule has 274 valence electrons. The van der Waals surface area contributed by atoms with E-state index >= 15 is 0 Å². The average Bonchev–Trinajstić information content (AvgIpc) is 3.48. The van der Waals surface area contributed by atoms with Crippen molar-refractivity contribution >= 4 is 23.6 Å². The minimum atomic E-state index is -0.769. The van der Waals surface area contributed by atoms with Gasteiger partial charge in [0.15, 0.2) is 0 Å². The summed E-state index contributed by atoms with van der Waals surface area (Å²) >= 11 is 0. The van der Waals surface area contributed by atoms with Gasteiger partial charge < -0.3 is 20.9 Å². The van der Waals surface area contributed by atoms with Gasteiger partial charge in [-0.2, -0.15) is 0 Å². The summed E-state index contributed by atoms with van der Waals surface area (Å²) in [7, 11) is 0. The van der Waals surface area contributed by atoms with Gasteiger partial charge in [0.2, 0.25) is 17.7 Å². The van der Waals surface area contributed by atoms with Crippen LogP contribution in [-0.2, 0) is 20.9 Å². The minimum absolute atomic E-state index is 0.0286. The van der Waals surface area contributed by atoms with E-state index in [0.717, 1.165) is 69.8 Å². The zero-order valence-electron chi connectivity index (χ0n) is 30.3. The normalized spacial score (nSPS) is 18.6. The van der Waals surface area contributed by atoms with Gasteiger partial charge in [0.1, 0.15) is 11.7 Å². The van der Waals surface area contributed by atoms with E-state index in [1.807, 2.05) is 30.3 Å². The molecule has 3 N–H and O–H groups in total. The molecule has 2 heterocycles. The van der Waals surface area contributed by atoms with Crippen LogP contribution in [0.15, 0.2) is 60.8 Å². The molecule has 1 aliphatic heterocycles. The first kappa shape index (κ1) is 37.7. The summed E-state index contributed by atoms with van der Waals surface area (Å²) < 4.78 is 1.58. The molecule has 51 heavy (non-hydrogen) atoms. The second-order valence-corrected chi connectivity index (χ2v) is 14.1. The van der Waals surface area contributed by atoms with E-state index in [-0.39, 0.29) is 42.1 Å². The lowest BCUT2D eigenvalue weighted by atomic mass is 10.1. The number of hydrogen-bond donors (Lipinski definition) is 3. The fourth-order valence-electron chi connectivity index (χ4n) is 6.79. The van der Waals surface area contributed by atoms with Crippen molar-refractivity contribution in [1.29, 1.82) is 0 Å². The summed E-state index contributed by atoms with van der Waals surface area (Å²) in [5.41, 5.74) is 3.18. The zero-order chi connectivity index (χ0) is 36.0. The number of nitrogens with one attached hydrogen (secondary N) is 3. The molecule has 0 bridgehead atoms. The van der Waals surface area contributed by atoms with Crippen molar-refractivity contribution in [3.63, 3.8) is 0 Å². The Kier molecular flexibility index (Phi) is 14.2. The van der Waals surface area contributed by atoms with Gasteiger partial charge >= 0.3 is 0 Å². The number of likely N-dealkylation sites (tertiary alicyclic amines) is 1. The van der Waals surface area contributed by atoms with Gasteiger partial charge in [0.25, 0.3) is 5.91 Å². The van der Waals surface area contributed by atoms with E-state index in [2.05, 4.69) is 52.2 Å². The van der Waals surface area contributed by atoms with Gasteiger partial charge in [-0.25, -0.2) is 4.68 Å². The lowest BCUT2D eigenvalue weighted by molar-refractivity contribution is -0.129. The Labute approximate surface area is 302 Å². The Morgan fingerprint density at radius 2 is 1.61 bits per heavy atom. The van der Waals surface area contributed by atoms with Gasteiger partial charge in [0, 0.05) is 49.1 Å². The highest BCUT2D eigenvalue weighted by atomic mass is 16.2. The van der Waals surface area contributed by atoms with Crippen LogP contribution in [0.1, 0.15) is 113 Å². The first-order valence-corrected chi connectivity index (χ1v) is 19.1. The molecule has 2 fully saturated rings. The van der Waals surface area contributed by atoms with E-state index < -0.39 is 6.04 Å². The highest BCUT2D eigenvalue weighted by molar-refractivity contribution is 5.95. The molecule has 2 aliphatic rings. The third kappa shape index (κ3) is 11.2. The van der Waals surface area contributed by atoms with Crippen LogP contribution in [0, 0.1) is 5.92 Å². The summed E-state index contributed by atoms with van der Waals surface area (Å²) in [5.74, 6) is -0.266. The number of aromatic nitrogens is 3. The molecule has 3 aromatic rings. The van der Waals surface area contributed by atoms with Gasteiger partial charge in [-0.05, 0) is 43.4 Å². The molecular weight excluding hydrogens is 642 g/mol. The smallest absolute Gasteiger partial charge is 0.253 e. The molecule has 1 aliphatic carbocycles. The zero-order valence-corrected chi connectivity index (χ0v) is 30.3. The van der Waals surface area contributed by atoms with Crippen LogP contribution < -0.4 is 16.0 Å². The van der Waals surface area contributed by atoms with Crippen molar-refractivity contribution < 1.29 is 19.2 Å². The van der Waals surface area contributed by atoms with Gasteiger partial charge in [-0.3, -0.25) is 19.2 Å². The summed E-state index contributed by atoms with van der Waals surface area (Å²) in [6, 6.07) is 16.9. The Bertz CT molecular complexity index is 1570. The lowest BCUT2D eigenvalue weighted by Gasteiger charge is -2.18. The Hall–Kier alpha value is -4.54. The monoisotopic (exact) mass is 697 g/mol. The van der Waals surface area contributed by atoms with Crippen LogP contribution in [0.3, 0.4) is 0 Å². The summed E-state index contributed by atoms with van der Waals surface area (Å²) in [5, 5.41) is 17.7. The number of nitrogens with zero attached hydrogens (tertiary/aromatic N) is 4. The Balaban J connectivity index is 1.12. The van der Waals surface area contributed by atoms with Gasteiger partial charge in [0.05, 0.1) is 18.7 Å². The van der Waals surface area contributed by atoms with Crippen LogP contribution in [0.25, 0.3) is 11.3 Å². The number of amides is 4. The fraction of sp³-hybridized carbons (Fsp3) is 0.550. The largest absolute Gasteiger partial charge is 0.354 e. The van der Waals surface area contributed by atoms with E-state index in [0.29, 0.717) is 49.7 Å². The third-order valence-corrected chi connectivity index (χ3v) is 10.0. The lowest BCUT2D eigenvalue weighted by Crippen LogP contribution is -2.49. The Morgan fingerprint density at radius 1 is 0.882 bits per heavy atom. The molecule has 1 aromatic heterocycles. The standard InChI is InChI=1S/C40H55N7O4/c1-3-5-7-9-13-17-37(48)42-36(39(50)41-23-14-8-6-4-2)28-47-27-35(44-45-47)30-18-20-31(21-19-30)40(51)46-24-22-32(26-46)38(49)43-34-25-33(34)29-15-11-10-12-16-29/h10-12,15-16,18-21,27,32-34,36H,3-9,13-14,17,22-26,28H2,1-2H3,(H,41,50)(H,42,48)(H,43,49)/t32-,33+,34-,36-/m0/s1. The predicted octanol–water partition coefficient (Wildman–Crippen LogP) is 5.62. The van der Waals surface area contributed by atoms with Crippen LogP contribution in [0.4, 0.5) is 0 Å². The molecular formula is C40H55N7O4. The number of benzene rings is 2. The maximum atomic E-state index is 13.3. The predicted molar refractivity (Wildman–Crippen MR) is 198 cm³/mol. The van der Waals surface area contributed by atoms with Crippen molar-refractivity contribution in [3.05, 3.63) is 71.9 Å². The maximum absolute atomic E-state index is 13.3. The van der Waals surface area contributed by atoms with Crippen molar-refractivity contribution in [3.8, 4) is 11.3 Å². The molecule has 11 nitrogen and oxygen atoms in total. The first-order valence-electron chi connectivity index (χ1n) is 19.1. The Morgan fingerprint density at radius 3 is 2.35 bits per heavy atom. The first-order chi connectivity index (χ1) is 24.9. The van der Waals surface area contributed by atoms with Crippen LogP contribution in [-0.4, -0.2) is 75.2 Å². The van der Waals surface area contributed by atoms with Crippen LogP contribution >= 0.6 is 0 Å². The molecule has 1 saturated carbocycles. The number of hydrogen-bond acceptors (Lipinski definition) is 6. The van der Waals surface area contributed by atoms with Crippen LogP contribution in [0.2, 0.25) is 0 Å². The molecule has 4 amide bonds. The van der Waals surface area contributed by atoms with E-state index in [1.165, 1.54) is 5.56 Å². The van der Waals surface area contributed by atoms with Crippen molar-refractivity contribution in [2.45, 2.75) is 115 Å². The SMILES string of the molecule is CCCCCCCC(=O)N[C@@H](Cn1cc(-c2ccc(C(=O)N3CC[C@H](C(=O)N[C@H]4C[C@@H]4c4ccccc4)C3)cc2)nn1)C(=O)NCCCCCC. The number of unbranched alkanes of at least 4 members (excludes halogenated alkanes) is 7. The second kappa shape index (κ2) is 19.2. The molecule has 0 spiro atoms. The molecule has 0 radical (unpaired) electrons. The minimum Gasteiger partial charge on any atom is -0.354 e. The number of rotatable bonds is 20. The highest BCUT2D eigenvalue weighted by Crippen LogP contribution is 2.41. The van der Waals surface area contributed by atoms with Crippen molar-refractivity contribution in [2.24, 2.45) is 5.92 Å². The second-order valence-electron chi connectivity index (χ2n) is 14.1. The van der Waals surface area contributed by atoms with E-state index in [1.54, 1.807) is 27.9 Å². The van der Waals surface area contributed by atoms with Crippen LogP contribution in [0.5, 0.6) is 0 Å². The summed E-state index contributed by atoms with van der Waals surface area (Å²) in [6.45, 7) is 5.98. The van der Waals surface area contributed by atoms with E-state index in [9.17, 15) is 19.2 Å². The molecule has 1 saturated heterocycles. The van der Waals surface area contributed by atoms with E-state index in [4.69, 9.17) is 0 Å². The number of carbonyl (C=O) groups is 4. The molecule has 2 aromatic carbocycles. The van der Waals surface area contributed by atoms with Crippen molar-refractivity contribution in [1.82, 2.24) is 35.8 Å².